The molecule has 0 aliphatic carbocycles. The fourth-order valence-electron chi connectivity index (χ4n) is 8.74. The average Bonchev–Trinajstić information content (AvgIpc) is 3.66. The van der Waals surface area contributed by atoms with E-state index in [4.69, 9.17) is 0 Å². The van der Waals surface area contributed by atoms with Gasteiger partial charge in [-0.2, -0.15) is 0 Å². The lowest BCUT2D eigenvalue weighted by Gasteiger charge is -2.26. The minimum atomic E-state index is 1.10. The van der Waals surface area contributed by atoms with E-state index in [-0.39, 0.29) is 0 Å². The van der Waals surface area contributed by atoms with E-state index in [9.17, 15) is 0 Å². The van der Waals surface area contributed by atoms with E-state index in [0.717, 1.165) is 22.6 Å². The molecule has 0 N–H and O–H groups in total. The molecule has 0 unspecified atom stereocenters. The van der Waals surface area contributed by atoms with Gasteiger partial charge in [-0.1, -0.05) is 182 Å². The van der Waals surface area contributed by atoms with Crippen molar-refractivity contribution >= 4 is 49.6 Å². The Bertz CT molecular complexity index is 3190. The molecule has 0 atom stereocenters. The van der Waals surface area contributed by atoms with Crippen molar-refractivity contribution in [2.45, 2.75) is 0 Å². The molecular formula is C58H40N2. The fourth-order valence-corrected chi connectivity index (χ4v) is 8.74. The second-order valence-corrected chi connectivity index (χ2v) is 15.4. The highest BCUT2D eigenvalue weighted by molar-refractivity contribution is 6.10. The summed E-state index contributed by atoms with van der Waals surface area (Å²) in [6.45, 7) is 0. The zero-order chi connectivity index (χ0) is 39.8. The van der Waals surface area contributed by atoms with Gasteiger partial charge in [0.05, 0.1) is 11.0 Å². The fraction of sp³-hybridized carbons (Fsp3) is 0. The number of rotatable bonds is 8. The molecule has 0 aliphatic rings. The van der Waals surface area contributed by atoms with Crippen LogP contribution < -0.4 is 4.90 Å². The predicted octanol–water partition coefficient (Wildman–Crippen LogP) is 16.1. The van der Waals surface area contributed by atoms with Crippen LogP contribution in [0.5, 0.6) is 0 Å². The molecule has 11 aromatic rings. The third-order valence-electron chi connectivity index (χ3n) is 11.8. The van der Waals surface area contributed by atoms with E-state index in [1.165, 1.54) is 77.2 Å². The number of hydrogen-bond acceptors (Lipinski definition) is 1. The highest BCUT2D eigenvalue weighted by Gasteiger charge is 2.16. The maximum absolute atomic E-state index is 2.41. The average molecular weight is 765 g/mol. The monoisotopic (exact) mass is 764 g/mol. The van der Waals surface area contributed by atoms with Crippen LogP contribution in [0.1, 0.15) is 0 Å². The first-order chi connectivity index (χ1) is 29.7. The number of fused-ring (bicyclic) bond motifs is 4. The van der Waals surface area contributed by atoms with Crippen LogP contribution in [0.15, 0.2) is 243 Å². The number of hydrogen-bond donors (Lipinski definition) is 0. The third kappa shape index (κ3) is 6.51. The molecule has 0 amide bonds. The second-order valence-electron chi connectivity index (χ2n) is 15.4. The van der Waals surface area contributed by atoms with E-state index in [2.05, 4.69) is 252 Å². The smallest absolute Gasteiger partial charge is 0.0547 e. The van der Waals surface area contributed by atoms with Crippen molar-refractivity contribution in [1.29, 1.82) is 0 Å². The summed E-state index contributed by atoms with van der Waals surface area (Å²) in [5.41, 5.74) is 16.4. The molecule has 1 heterocycles. The molecule has 282 valence electrons. The highest BCUT2D eigenvalue weighted by Crippen LogP contribution is 2.40. The number of nitrogens with zero attached hydrogens (tertiary/aromatic N) is 2. The summed E-state index contributed by atoms with van der Waals surface area (Å²) in [5.74, 6) is 0. The van der Waals surface area contributed by atoms with Crippen molar-refractivity contribution in [3.8, 4) is 50.2 Å². The van der Waals surface area contributed by atoms with E-state index in [1.54, 1.807) is 0 Å². The van der Waals surface area contributed by atoms with Crippen LogP contribution in [0, 0.1) is 0 Å². The van der Waals surface area contributed by atoms with E-state index >= 15 is 0 Å². The summed E-state index contributed by atoms with van der Waals surface area (Å²) in [6.07, 6.45) is 0. The maximum Gasteiger partial charge on any atom is 0.0547 e. The lowest BCUT2D eigenvalue weighted by Crippen LogP contribution is -2.10. The topological polar surface area (TPSA) is 8.17 Å². The zero-order valence-corrected chi connectivity index (χ0v) is 33.0. The van der Waals surface area contributed by atoms with Gasteiger partial charge in [0.2, 0.25) is 0 Å². The molecule has 0 bridgehead atoms. The summed E-state index contributed by atoms with van der Waals surface area (Å²) in [7, 11) is 0. The van der Waals surface area contributed by atoms with Crippen LogP contribution >= 0.6 is 0 Å². The van der Waals surface area contributed by atoms with Gasteiger partial charge in [0.25, 0.3) is 0 Å². The van der Waals surface area contributed by atoms with Crippen LogP contribution in [-0.2, 0) is 0 Å². The molecular weight excluding hydrogens is 725 g/mol. The van der Waals surface area contributed by atoms with Gasteiger partial charge in [-0.05, 0) is 116 Å². The molecule has 0 radical (unpaired) electrons. The summed E-state index contributed by atoms with van der Waals surface area (Å²) in [6, 6.07) is 87.8. The van der Waals surface area contributed by atoms with Crippen LogP contribution in [-0.4, -0.2) is 4.57 Å². The molecule has 0 saturated carbocycles. The standard InChI is InChI=1S/C58H40N2/c1-3-12-41(13-4-1)44-26-32-51(33-27-44)59(52-34-28-45(29-35-52)42-14-5-2-6-15-42)53-19-11-18-49(38-53)46-22-24-47(25-23-46)50-31-37-56-55-20-9-10-21-57(55)60(58(56)40-50)54-36-30-43-16-7-8-17-48(43)39-54/h1-40H. The Morgan fingerprint density at radius 3 is 1.37 bits per heavy atom. The Labute approximate surface area is 350 Å². The van der Waals surface area contributed by atoms with Crippen LogP contribution in [0.4, 0.5) is 17.1 Å². The van der Waals surface area contributed by atoms with Gasteiger partial charge in [-0.15, -0.1) is 0 Å². The van der Waals surface area contributed by atoms with Gasteiger partial charge in [0, 0.05) is 33.5 Å². The Morgan fingerprint density at radius 1 is 0.250 bits per heavy atom. The molecule has 0 spiro atoms. The van der Waals surface area contributed by atoms with Crippen molar-refractivity contribution < 1.29 is 0 Å². The van der Waals surface area contributed by atoms with Crippen molar-refractivity contribution in [3.63, 3.8) is 0 Å². The predicted molar refractivity (Wildman–Crippen MR) is 255 cm³/mol. The minimum Gasteiger partial charge on any atom is -0.310 e. The largest absolute Gasteiger partial charge is 0.310 e. The van der Waals surface area contributed by atoms with Crippen LogP contribution in [0.2, 0.25) is 0 Å². The molecule has 60 heavy (non-hydrogen) atoms. The molecule has 0 saturated heterocycles. The van der Waals surface area contributed by atoms with E-state index in [0.29, 0.717) is 0 Å². The Morgan fingerprint density at radius 2 is 0.717 bits per heavy atom. The summed E-state index contributed by atoms with van der Waals surface area (Å²) in [5, 5.41) is 5.00. The summed E-state index contributed by atoms with van der Waals surface area (Å²) in [4.78, 5) is 2.35. The van der Waals surface area contributed by atoms with Gasteiger partial charge < -0.3 is 9.47 Å². The van der Waals surface area contributed by atoms with Gasteiger partial charge in [-0.3, -0.25) is 0 Å². The van der Waals surface area contributed by atoms with E-state index < -0.39 is 0 Å². The first-order valence-corrected chi connectivity index (χ1v) is 20.6. The van der Waals surface area contributed by atoms with Gasteiger partial charge in [0.1, 0.15) is 0 Å². The minimum absolute atomic E-state index is 1.10. The zero-order valence-electron chi connectivity index (χ0n) is 33.0. The van der Waals surface area contributed by atoms with Crippen LogP contribution in [0.25, 0.3) is 82.8 Å². The van der Waals surface area contributed by atoms with Gasteiger partial charge >= 0.3 is 0 Å². The molecule has 0 fully saturated rings. The number of aromatic nitrogens is 1. The van der Waals surface area contributed by atoms with Crippen molar-refractivity contribution in [1.82, 2.24) is 4.57 Å². The highest BCUT2D eigenvalue weighted by atomic mass is 15.1. The molecule has 10 aromatic carbocycles. The molecule has 0 aliphatic heterocycles. The van der Waals surface area contributed by atoms with Crippen LogP contribution in [0.3, 0.4) is 0 Å². The molecule has 2 nitrogen and oxygen atoms in total. The number of benzene rings is 10. The maximum atomic E-state index is 2.41. The molecule has 2 heteroatoms. The number of anilines is 3. The van der Waals surface area contributed by atoms with Gasteiger partial charge in [-0.25, -0.2) is 0 Å². The SMILES string of the molecule is c1ccc(-c2ccc(N(c3ccc(-c4ccccc4)cc3)c3cccc(-c4ccc(-c5ccc6c7ccccc7n(-c7ccc8ccccc8c7)c6c5)cc4)c3)cc2)cc1. The van der Waals surface area contributed by atoms with Gasteiger partial charge in [0.15, 0.2) is 0 Å². The third-order valence-corrected chi connectivity index (χ3v) is 11.8. The first-order valence-electron chi connectivity index (χ1n) is 20.6. The lowest BCUT2D eigenvalue weighted by molar-refractivity contribution is 1.19. The summed E-state index contributed by atoms with van der Waals surface area (Å²) < 4.78 is 2.41. The second kappa shape index (κ2) is 15.1. The Hall–Kier alpha value is -7.94. The Kier molecular flexibility index (Phi) is 8.87. The summed E-state index contributed by atoms with van der Waals surface area (Å²) >= 11 is 0. The van der Waals surface area contributed by atoms with Crippen molar-refractivity contribution in [2.75, 3.05) is 4.90 Å². The Balaban J connectivity index is 0.948. The van der Waals surface area contributed by atoms with Crippen molar-refractivity contribution in [3.05, 3.63) is 243 Å². The number of para-hydroxylation sites is 1. The molecule has 1 aromatic heterocycles. The van der Waals surface area contributed by atoms with E-state index in [1.807, 2.05) is 0 Å². The lowest BCUT2D eigenvalue weighted by atomic mass is 9.98. The normalized spacial score (nSPS) is 11.3. The first kappa shape index (κ1) is 35.2. The van der Waals surface area contributed by atoms with Crippen molar-refractivity contribution in [2.24, 2.45) is 0 Å². The quantitative estimate of drug-likeness (QED) is 0.150. The molecule has 11 rings (SSSR count).